The molecule has 28 heavy (non-hydrogen) atoms. The van der Waals surface area contributed by atoms with Crippen LogP contribution in [0.4, 0.5) is 10.5 Å². The fourth-order valence-corrected chi connectivity index (χ4v) is 3.46. The quantitative estimate of drug-likeness (QED) is 0.835. The van der Waals surface area contributed by atoms with Gasteiger partial charge in [-0.05, 0) is 45.7 Å². The molecule has 2 amide bonds. The highest BCUT2D eigenvalue weighted by molar-refractivity contribution is 5.93. The minimum absolute atomic E-state index is 0.176. The molecular formula is C21H30N2O5. The van der Waals surface area contributed by atoms with Crippen LogP contribution in [0, 0.1) is 5.92 Å². The fourth-order valence-electron chi connectivity index (χ4n) is 3.46. The molecule has 1 spiro atoms. The Balaban J connectivity index is 1.56. The SMILES string of the molecule is C[C@@H](CN(C)C(=O)OC(C)(C)C)C(=O)Nc1ccc2c(c1)OC1(CCCC1)O2. The van der Waals surface area contributed by atoms with Crippen LogP contribution in [-0.4, -0.2) is 41.9 Å². The van der Waals surface area contributed by atoms with Gasteiger partial charge in [0, 0.05) is 38.2 Å². The second kappa shape index (κ2) is 7.53. The van der Waals surface area contributed by atoms with E-state index < -0.39 is 23.4 Å². The van der Waals surface area contributed by atoms with Crippen LogP contribution in [0.1, 0.15) is 53.4 Å². The van der Waals surface area contributed by atoms with Gasteiger partial charge in [-0.3, -0.25) is 4.79 Å². The van der Waals surface area contributed by atoms with Gasteiger partial charge in [0.2, 0.25) is 5.91 Å². The zero-order chi connectivity index (χ0) is 20.5. The molecule has 154 valence electrons. The average molecular weight is 390 g/mol. The predicted octanol–water partition coefficient (Wildman–Crippen LogP) is 4.17. The number of nitrogens with one attached hydrogen (secondary N) is 1. The van der Waals surface area contributed by atoms with Crippen molar-refractivity contribution in [2.75, 3.05) is 18.9 Å². The Bertz CT molecular complexity index is 750. The number of ether oxygens (including phenoxy) is 3. The topological polar surface area (TPSA) is 77.1 Å². The first-order valence-corrected chi connectivity index (χ1v) is 9.84. The van der Waals surface area contributed by atoms with Gasteiger partial charge in [0.25, 0.3) is 5.79 Å². The van der Waals surface area contributed by atoms with Crippen LogP contribution in [0.3, 0.4) is 0 Å². The lowest BCUT2D eigenvalue weighted by molar-refractivity contribution is -0.119. The van der Waals surface area contributed by atoms with Crippen molar-refractivity contribution in [1.82, 2.24) is 4.90 Å². The third-order valence-corrected chi connectivity index (χ3v) is 4.87. The van der Waals surface area contributed by atoms with E-state index >= 15 is 0 Å². The summed E-state index contributed by atoms with van der Waals surface area (Å²) in [5.74, 6) is 0.291. The number of hydrogen-bond donors (Lipinski definition) is 1. The molecule has 0 aromatic heterocycles. The summed E-state index contributed by atoms with van der Waals surface area (Å²) in [6, 6.07) is 5.43. The van der Waals surface area contributed by atoms with E-state index in [1.807, 2.05) is 26.8 Å². The van der Waals surface area contributed by atoms with Gasteiger partial charge in [0.05, 0.1) is 5.92 Å². The molecule has 0 radical (unpaired) electrons. The van der Waals surface area contributed by atoms with Crippen LogP contribution in [0.5, 0.6) is 11.5 Å². The smallest absolute Gasteiger partial charge is 0.410 e. The van der Waals surface area contributed by atoms with Crippen molar-refractivity contribution in [1.29, 1.82) is 0 Å². The zero-order valence-corrected chi connectivity index (χ0v) is 17.3. The maximum absolute atomic E-state index is 12.5. The summed E-state index contributed by atoms with van der Waals surface area (Å²) in [5, 5.41) is 2.89. The Labute approximate surface area is 166 Å². The molecule has 1 saturated carbocycles. The van der Waals surface area contributed by atoms with Crippen molar-refractivity contribution < 1.29 is 23.8 Å². The lowest BCUT2D eigenvalue weighted by Crippen LogP contribution is -2.39. The number of carbonyl (C=O) groups excluding carboxylic acids is 2. The van der Waals surface area contributed by atoms with Crippen LogP contribution in [-0.2, 0) is 9.53 Å². The number of anilines is 1. The lowest BCUT2D eigenvalue weighted by atomic mass is 10.1. The normalized spacial score (nSPS) is 18.0. The minimum atomic E-state index is -0.569. The zero-order valence-electron chi connectivity index (χ0n) is 17.3. The number of nitrogens with zero attached hydrogens (tertiary/aromatic N) is 1. The molecule has 1 aromatic rings. The minimum Gasteiger partial charge on any atom is -0.448 e. The van der Waals surface area contributed by atoms with E-state index in [9.17, 15) is 9.59 Å². The fraction of sp³-hybridized carbons (Fsp3) is 0.619. The standard InChI is InChI=1S/C21H30N2O5/c1-14(13-23(5)19(25)28-20(2,3)4)18(24)22-15-8-9-16-17(12-15)27-21(26-16)10-6-7-11-21/h8-9,12,14H,6-7,10-11,13H2,1-5H3,(H,22,24)/t14-/m0/s1. The van der Waals surface area contributed by atoms with Crippen molar-refractivity contribution in [2.45, 2.75) is 64.8 Å². The number of rotatable bonds is 4. The van der Waals surface area contributed by atoms with E-state index in [1.54, 1.807) is 26.1 Å². The maximum atomic E-state index is 12.5. The van der Waals surface area contributed by atoms with Gasteiger partial charge in [0.15, 0.2) is 11.5 Å². The molecule has 1 atom stereocenters. The molecule has 2 aliphatic rings. The van der Waals surface area contributed by atoms with Crippen LogP contribution in [0.15, 0.2) is 18.2 Å². The third kappa shape index (κ3) is 4.69. The van der Waals surface area contributed by atoms with E-state index in [0.29, 0.717) is 11.4 Å². The van der Waals surface area contributed by atoms with Gasteiger partial charge >= 0.3 is 6.09 Å². The van der Waals surface area contributed by atoms with Gasteiger partial charge in [-0.15, -0.1) is 0 Å². The Morgan fingerprint density at radius 3 is 2.50 bits per heavy atom. The Morgan fingerprint density at radius 2 is 1.86 bits per heavy atom. The summed E-state index contributed by atoms with van der Waals surface area (Å²) in [4.78, 5) is 26.0. The van der Waals surface area contributed by atoms with Crippen molar-refractivity contribution in [3.05, 3.63) is 18.2 Å². The Morgan fingerprint density at radius 1 is 1.21 bits per heavy atom. The van der Waals surface area contributed by atoms with Crippen molar-refractivity contribution in [3.8, 4) is 11.5 Å². The van der Waals surface area contributed by atoms with E-state index in [1.165, 1.54) is 4.90 Å². The van der Waals surface area contributed by atoms with Crippen LogP contribution >= 0.6 is 0 Å². The predicted molar refractivity (Wildman–Crippen MR) is 106 cm³/mol. The molecule has 7 nitrogen and oxygen atoms in total. The summed E-state index contributed by atoms with van der Waals surface area (Å²) in [7, 11) is 1.62. The maximum Gasteiger partial charge on any atom is 0.410 e. The van der Waals surface area contributed by atoms with Crippen LogP contribution in [0.2, 0.25) is 0 Å². The van der Waals surface area contributed by atoms with E-state index in [2.05, 4.69) is 5.32 Å². The van der Waals surface area contributed by atoms with Crippen LogP contribution in [0.25, 0.3) is 0 Å². The van der Waals surface area contributed by atoms with Crippen LogP contribution < -0.4 is 14.8 Å². The third-order valence-electron chi connectivity index (χ3n) is 4.87. The molecule has 1 aliphatic carbocycles. The molecule has 1 aromatic carbocycles. The second-order valence-corrected chi connectivity index (χ2v) is 8.73. The van der Waals surface area contributed by atoms with Crippen molar-refractivity contribution in [3.63, 3.8) is 0 Å². The Kier molecular flexibility index (Phi) is 5.46. The molecule has 0 saturated heterocycles. The monoisotopic (exact) mass is 390 g/mol. The number of hydrogen-bond acceptors (Lipinski definition) is 5. The van der Waals surface area contributed by atoms with Gasteiger partial charge in [-0.2, -0.15) is 0 Å². The molecule has 1 heterocycles. The first kappa shape index (κ1) is 20.3. The van der Waals surface area contributed by atoms with E-state index in [4.69, 9.17) is 14.2 Å². The number of carbonyl (C=O) groups is 2. The molecule has 0 bridgehead atoms. The molecular weight excluding hydrogens is 360 g/mol. The lowest BCUT2D eigenvalue weighted by Gasteiger charge is -2.26. The van der Waals surface area contributed by atoms with Gasteiger partial charge in [-0.1, -0.05) is 6.92 Å². The second-order valence-electron chi connectivity index (χ2n) is 8.73. The van der Waals surface area contributed by atoms with Gasteiger partial charge in [0.1, 0.15) is 5.60 Å². The highest BCUT2D eigenvalue weighted by Gasteiger charge is 2.44. The number of fused-ring (bicyclic) bond motifs is 1. The molecule has 1 N–H and O–H groups in total. The highest BCUT2D eigenvalue weighted by Crippen LogP contribution is 2.47. The van der Waals surface area contributed by atoms with Crippen molar-refractivity contribution >= 4 is 17.7 Å². The summed E-state index contributed by atoms with van der Waals surface area (Å²) in [6.07, 6.45) is 3.52. The first-order valence-electron chi connectivity index (χ1n) is 9.84. The average Bonchev–Trinajstić information content (AvgIpc) is 3.18. The molecule has 1 aliphatic heterocycles. The Hall–Kier alpha value is -2.44. The summed E-state index contributed by atoms with van der Waals surface area (Å²) in [6.45, 7) is 7.46. The van der Waals surface area contributed by atoms with Crippen molar-refractivity contribution in [2.24, 2.45) is 5.92 Å². The van der Waals surface area contributed by atoms with E-state index in [0.717, 1.165) is 31.4 Å². The highest BCUT2D eigenvalue weighted by atomic mass is 16.7. The molecule has 7 heteroatoms. The first-order chi connectivity index (χ1) is 13.1. The van der Waals surface area contributed by atoms with Gasteiger partial charge < -0.3 is 24.4 Å². The molecule has 3 rings (SSSR count). The molecule has 0 unspecified atom stereocenters. The number of benzene rings is 1. The van der Waals surface area contributed by atoms with E-state index in [-0.39, 0.29) is 12.5 Å². The summed E-state index contributed by atoms with van der Waals surface area (Å²) >= 11 is 0. The summed E-state index contributed by atoms with van der Waals surface area (Å²) < 4.78 is 17.3. The molecule has 1 fully saturated rings. The summed E-state index contributed by atoms with van der Waals surface area (Å²) in [5.41, 5.74) is 0.0779. The largest absolute Gasteiger partial charge is 0.448 e. The number of amides is 2. The van der Waals surface area contributed by atoms with Gasteiger partial charge in [-0.25, -0.2) is 4.79 Å².